The largest absolute Gasteiger partial charge is 0.496 e. The van der Waals surface area contributed by atoms with Crippen molar-refractivity contribution in [2.75, 3.05) is 12.5 Å². The predicted molar refractivity (Wildman–Crippen MR) is 119 cm³/mol. The number of benzene rings is 2. The van der Waals surface area contributed by atoms with Gasteiger partial charge >= 0.3 is 5.69 Å². The molecular formula is C21H16N6O4S. The highest BCUT2D eigenvalue weighted by atomic mass is 32.2. The second-order valence-corrected chi connectivity index (χ2v) is 7.38. The number of anilines is 1. The summed E-state index contributed by atoms with van der Waals surface area (Å²) < 4.78 is 5.17. The van der Waals surface area contributed by atoms with Crippen LogP contribution in [-0.4, -0.2) is 32.9 Å². The number of carbonyl (C=O) groups excluding carboxylic acids is 1. The molecule has 1 amide bonds. The number of nitrogens with zero attached hydrogens (tertiary/aromatic N) is 4. The van der Waals surface area contributed by atoms with Crippen LogP contribution in [0.25, 0.3) is 10.9 Å². The summed E-state index contributed by atoms with van der Waals surface area (Å²) in [5.41, 5.74) is 5.54. The van der Waals surface area contributed by atoms with Crippen molar-refractivity contribution in [3.05, 3.63) is 82.8 Å². The highest BCUT2D eigenvalue weighted by Gasteiger charge is 2.25. The summed E-state index contributed by atoms with van der Waals surface area (Å²) in [5.74, 6) is -0.324. The number of hydrogen-bond donors (Lipinski definition) is 2. The molecule has 0 aliphatic heterocycles. The fourth-order valence-electron chi connectivity index (χ4n) is 2.97. The molecule has 0 saturated heterocycles. The minimum absolute atomic E-state index is 0.109. The number of ether oxygens (including phenoxy) is 1. The van der Waals surface area contributed by atoms with E-state index < -0.39 is 10.8 Å². The predicted octanol–water partition coefficient (Wildman–Crippen LogP) is 3.85. The maximum atomic E-state index is 12.5. The Kier molecular flexibility index (Phi) is 6.08. The van der Waals surface area contributed by atoms with Crippen LogP contribution in [0.1, 0.15) is 10.4 Å². The van der Waals surface area contributed by atoms with E-state index in [-0.39, 0.29) is 22.1 Å². The number of fused-ring (bicyclic) bond motifs is 1. The van der Waals surface area contributed by atoms with Crippen LogP contribution < -0.4 is 15.6 Å². The number of para-hydroxylation sites is 2. The topological polar surface area (TPSA) is 132 Å². The van der Waals surface area contributed by atoms with Gasteiger partial charge in [0.2, 0.25) is 5.82 Å². The van der Waals surface area contributed by atoms with Gasteiger partial charge in [-0.05, 0) is 24.3 Å². The van der Waals surface area contributed by atoms with E-state index in [1.807, 2.05) is 30.3 Å². The second kappa shape index (κ2) is 9.27. The van der Waals surface area contributed by atoms with Gasteiger partial charge in [0.15, 0.2) is 5.03 Å². The highest BCUT2D eigenvalue weighted by molar-refractivity contribution is 7.99. The Bertz CT molecular complexity index is 1310. The second-order valence-electron chi connectivity index (χ2n) is 6.35. The van der Waals surface area contributed by atoms with Crippen LogP contribution in [0.4, 0.5) is 11.5 Å². The molecule has 4 rings (SSSR count). The molecular weight excluding hydrogens is 432 g/mol. The molecule has 160 valence electrons. The third kappa shape index (κ3) is 4.27. The summed E-state index contributed by atoms with van der Waals surface area (Å²) in [6.07, 6.45) is 2.84. The van der Waals surface area contributed by atoms with E-state index in [1.165, 1.54) is 13.4 Å². The van der Waals surface area contributed by atoms with Crippen LogP contribution in [-0.2, 0) is 0 Å². The van der Waals surface area contributed by atoms with Crippen molar-refractivity contribution in [2.45, 2.75) is 9.92 Å². The number of methoxy groups -OCH3 is 1. The molecule has 0 aliphatic rings. The Balaban J connectivity index is 1.62. The van der Waals surface area contributed by atoms with Gasteiger partial charge in [-0.25, -0.2) is 9.97 Å². The van der Waals surface area contributed by atoms with E-state index in [1.54, 1.807) is 30.5 Å². The van der Waals surface area contributed by atoms with Crippen LogP contribution in [0.5, 0.6) is 5.75 Å². The summed E-state index contributed by atoms with van der Waals surface area (Å²) in [7, 11) is 1.44. The van der Waals surface area contributed by atoms with Gasteiger partial charge in [-0.15, -0.1) is 0 Å². The number of amides is 1. The SMILES string of the molecule is COc1ccccc1C(=O)NNc1ncnc(Sc2cccc3cccnc23)c1[N+](=O)[O-]. The molecule has 0 atom stereocenters. The van der Waals surface area contributed by atoms with Gasteiger partial charge in [0.05, 0.1) is 23.1 Å². The zero-order valence-corrected chi connectivity index (χ0v) is 17.5. The quantitative estimate of drug-likeness (QED) is 0.246. The lowest BCUT2D eigenvalue weighted by molar-refractivity contribution is -0.387. The van der Waals surface area contributed by atoms with E-state index in [4.69, 9.17) is 4.74 Å². The molecule has 0 unspecified atom stereocenters. The van der Waals surface area contributed by atoms with Crippen molar-refractivity contribution >= 4 is 40.1 Å². The number of aromatic nitrogens is 3. The first-order valence-corrected chi connectivity index (χ1v) is 10.1. The lowest BCUT2D eigenvalue weighted by Gasteiger charge is -2.11. The average Bonchev–Trinajstić information content (AvgIpc) is 2.82. The van der Waals surface area contributed by atoms with E-state index in [0.29, 0.717) is 16.2 Å². The molecule has 2 aromatic heterocycles. The molecule has 11 heteroatoms. The molecule has 0 spiro atoms. The van der Waals surface area contributed by atoms with Crippen LogP contribution in [0.2, 0.25) is 0 Å². The number of rotatable bonds is 7. The molecule has 2 heterocycles. The molecule has 0 aliphatic carbocycles. The van der Waals surface area contributed by atoms with Gasteiger partial charge in [0, 0.05) is 16.5 Å². The van der Waals surface area contributed by atoms with Gasteiger partial charge in [-0.2, -0.15) is 0 Å². The van der Waals surface area contributed by atoms with E-state index in [2.05, 4.69) is 25.8 Å². The number of pyridine rings is 1. The van der Waals surface area contributed by atoms with Gasteiger partial charge < -0.3 is 4.74 Å². The Labute approximate surface area is 186 Å². The number of nitrogens with one attached hydrogen (secondary N) is 2. The van der Waals surface area contributed by atoms with Crippen molar-refractivity contribution in [2.24, 2.45) is 0 Å². The molecule has 10 nitrogen and oxygen atoms in total. The molecule has 2 N–H and O–H groups in total. The summed E-state index contributed by atoms with van der Waals surface area (Å²) in [4.78, 5) is 36.8. The third-order valence-corrected chi connectivity index (χ3v) is 5.46. The van der Waals surface area contributed by atoms with Crippen LogP contribution in [0.3, 0.4) is 0 Å². The van der Waals surface area contributed by atoms with Gasteiger partial charge in [-0.3, -0.25) is 30.7 Å². The average molecular weight is 448 g/mol. The smallest absolute Gasteiger partial charge is 0.345 e. The Hall–Kier alpha value is -4.25. The molecule has 0 fully saturated rings. The molecule has 0 saturated carbocycles. The molecule has 4 aromatic rings. The zero-order chi connectivity index (χ0) is 22.5. The van der Waals surface area contributed by atoms with E-state index in [0.717, 1.165) is 17.1 Å². The van der Waals surface area contributed by atoms with Crippen LogP contribution >= 0.6 is 11.8 Å². The van der Waals surface area contributed by atoms with Gasteiger partial charge in [0.25, 0.3) is 5.91 Å². The van der Waals surface area contributed by atoms with Crippen LogP contribution in [0.15, 0.2) is 77.0 Å². The maximum Gasteiger partial charge on any atom is 0.345 e. The van der Waals surface area contributed by atoms with Crippen molar-refractivity contribution in [3.8, 4) is 5.75 Å². The first-order valence-electron chi connectivity index (χ1n) is 9.29. The lowest BCUT2D eigenvalue weighted by atomic mass is 10.2. The van der Waals surface area contributed by atoms with Gasteiger partial charge in [0.1, 0.15) is 12.1 Å². The lowest BCUT2D eigenvalue weighted by Crippen LogP contribution is -2.30. The normalized spacial score (nSPS) is 10.5. The molecule has 0 bridgehead atoms. The fraction of sp³-hybridized carbons (Fsp3) is 0.0476. The van der Waals surface area contributed by atoms with E-state index >= 15 is 0 Å². The van der Waals surface area contributed by atoms with Crippen molar-refractivity contribution in [1.82, 2.24) is 20.4 Å². The minimum Gasteiger partial charge on any atom is -0.496 e. The Morgan fingerprint density at radius 3 is 2.69 bits per heavy atom. The molecule has 2 aromatic carbocycles. The number of hydrogen-bond acceptors (Lipinski definition) is 9. The number of carbonyl (C=O) groups is 1. The first-order chi connectivity index (χ1) is 15.6. The fourth-order valence-corrected chi connectivity index (χ4v) is 3.96. The zero-order valence-electron chi connectivity index (χ0n) is 16.7. The van der Waals surface area contributed by atoms with Gasteiger partial charge in [-0.1, -0.05) is 42.1 Å². The maximum absolute atomic E-state index is 12.5. The summed E-state index contributed by atoms with van der Waals surface area (Å²) in [5, 5.41) is 12.8. The molecule has 0 radical (unpaired) electrons. The first kappa shape index (κ1) is 21.0. The number of hydrazine groups is 1. The highest BCUT2D eigenvalue weighted by Crippen LogP contribution is 2.38. The van der Waals surface area contributed by atoms with Crippen molar-refractivity contribution < 1.29 is 14.5 Å². The summed E-state index contributed by atoms with van der Waals surface area (Å²) in [6.45, 7) is 0. The minimum atomic E-state index is -0.599. The Morgan fingerprint density at radius 1 is 1.06 bits per heavy atom. The van der Waals surface area contributed by atoms with Crippen molar-refractivity contribution in [3.63, 3.8) is 0 Å². The number of nitro groups is 1. The third-order valence-electron chi connectivity index (χ3n) is 4.42. The Morgan fingerprint density at radius 2 is 1.88 bits per heavy atom. The van der Waals surface area contributed by atoms with E-state index in [9.17, 15) is 14.9 Å². The monoisotopic (exact) mass is 448 g/mol. The van der Waals surface area contributed by atoms with Crippen molar-refractivity contribution in [1.29, 1.82) is 0 Å². The summed E-state index contributed by atoms with van der Waals surface area (Å²) >= 11 is 1.09. The standard InChI is InChI=1S/C21H16N6O4S/c1-31-15-9-3-2-8-14(15)20(28)26-25-19-18(27(29)30)21(24-12-23-19)32-16-10-4-6-13-7-5-11-22-17(13)16/h2-12H,1H3,(H,26,28)(H,23,24,25). The molecule has 32 heavy (non-hydrogen) atoms. The van der Waals surface area contributed by atoms with Crippen LogP contribution in [0, 0.1) is 10.1 Å². The summed E-state index contributed by atoms with van der Waals surface area (Å²) in [6, 6.07) is 15.9.